The summed E-state index contributed by atoms with van der Waals surface area (Å²) >= 11 is 1.02. The van der Waals surface area contributed by atoms with E-state index in [1.165, 1.54) is 0 Å². The number of benzene rings is 1. The number of rotatable bonds is 4. The highest BCUT2D eigenvalue weighted by Gasteiger charge is 2.14. The predicted molar refractivity (Wildman–Crippen MR) is 80.0 cm³/mol. The van der Waals surface area contributed by atoms with Gasteiger partial charge in [-0.15, -0.1) is 10.2 Å². The van der Waals surface area contributed by atoms with Crippen LogP contribution in [0.4, 0.5) is 4.79 Å². The molecule has 3 amide bonds. The molecule has 112 valence electrons. The first-order chi connectivity index (χ1) is 10.6. The largest absolute Gasteiger partial charge is 0.411 e. The number of imide groups is 1. The van der Waals surface area contributed by atoms with Crippen LogP contribution in [-0.4, -0.2) is 32.9 Å². The van der Waals surface area contributed by atoms with Crippen molar-refractivity contribution in [2.75, 3.05) is 5.75 Å². The van der Waals surface area contributed by atoms with Crippen LogP contribution in [0.1, 0.15) is 0 Å². The Morgan fingerprint density at radius 1 is 1.32 bits per heavy atom. The Balaban J connectivity index is 1.74. The molecule has 4 N–H and O–H groups in total. The van der Waals surface area contributed by atoms with Crippen LogP contribution >= 0.6 is 11.8 Å². The molecular weight excluding hydrogens is 306 g/mol. The third-order valence-corrected chi connectivity index (χ3v) is 3.63. The predicted octanol–water partition coefficient (Wildman–Crippen LogP) is 1.50. The van der Waals surface area contributed by atoms with Crippen molar-refractivity contribution in [2.24, 2.45) is 5.73 Å². The van der Waals surface area contributed by atoms with E-state index in [2.05, 4.69) is 15.2 Å². The lowest BCUT2D eigenvalue weighted by molar-refractivity contribution is -0.117. The molecule has 3 aromatic rings. The van der Waals surface area contributed by atoms with Crippen molar-refractivity contribution < 1.29 is 14.0 Å². The van der Waals surface area contributed by atoms with Crippen molar-refractivity contribution in [3.63, 3.8) is 0 Å². The minimum atomic E-state index is -0.893. The molecule has 8 nitrogen and oxygen atoms in total. The molecule has 22 heavy (non-hydrogen) atoms. The number of nitrogens with one attached hydrogen (secondary N) is 2. The molecule has 0 radical (unpaired) electrons. The lowest BCUT2D eigenvalue weighted by Gasteiger charge is -1.97. The average molecular weight is 317 g/mol. The number of para-hydroxylation sites is 1. The summed E-state index contributed by atoms with van der Waals surface area (Å²) in [6, 6.07) is 6.84. The monoisotopic (exact) mass is 317 g/mol. The maximum atomic E-state index is 11.3. The normalized spacial score (nSPS) is 10.7. The zero-order chi connectivity index (χ0) is 15.5. The van der Waals surface area contributed by atoms with Crippen LogP contribution in [0.2, 0.25) is 0 Å². The number of fused-ring (bicyclic) bond motifs is 1. The van der Waals surface area contributed by atoms with Crippen LogP contribution in [0, 0.1) is 0 Å². The SMILES string of the molecule is NC(=O)NC(=O)CSc1nnc(-c2c[nH]c3ccccc23)o1. The Bertz CT molecular complexity index is 841. The highest BCUT2D eigenvalue weighted by molar-refractivity contribution is 7.99. The maximum Gasteiger partial charge on any atom is 0.318 e. The van der Waals surface area contributed by atoms with E-state index in [0.29, 0.717) is 5.89 Å². The van der Waals surface area contributed by atoms with Gasteiger partial charge < -0.3 is 15.1 Å². The third kappa shape index (κ3) is 2.93. The van der Waals surface area contributed by atoms with E-state index in [9.17, 15) is 9.59 Å². The van der Waals surface area contributed by atoms with Crippen LogP contribution in [0.25, 0.3) is 22.4 Å². The maximum absolute atomic E-state index is 11.3. The van der Waals surface area contributed by atoms with Gasteiger partial charge in [-0.05, 0) is 6.07 Å². The molecule has 2 heterocycles. The van der Waals surface area contributed by atoms with E-state index in [0.717, 1.165) is 28.2 Å². The van der Waals surface area contributed by atoms with Gasteiger partial charge in [-0.25, -0.2) is 4.79 Å². The number of hydrogen-bond donors (Lipinski definition) is 3. The van der Waals surface area contributed by atoms with Gasteiger partial charge in [-0.2, -0.15) is 0 Å². The van der Waals surface area contributed by atoms with Gasteiger partial charge in [-0.1, -0.05) is 30.0 Å². The molecule has 3 rings (SSSR count). The number of aromatic amines is 1. The van der Waals surface area contributed by atoms with Crippen LogP contribution < -0.4 is 11.1 Å². The number of hydrogen-bond acceptors (Lipinski definition) is 6. The van der Waals surface area contributed by atoms with Gasteiger partial charge in [0.1, 0.15) is 0 Å². The van der Waals surface area contributed by atoms with Crippen LogP contribution in [0.5, 0.6) is 0 Å². The molecule has 0 spiro atoms. The summed E-state index contributed by atoms with van der Waals surface area (Å²) in [6.45, 7) is 0. The number of nitrogens with two attached hydrogens (primary N) is 1. The lowest BCUT2D eigenvalue weighted by atomic mass is 10.2. The number of nitrogens with zero attached hydrogens (tertiary/aromatic N) is 2. The van der Waals surface area contributed by atoms with Gasteiger partial charge in [0.2, 0.25) is 5.91 Å². The van der Waals surface area contributed by atoms with Gasteiger partial charge >= 0.3 is 6.03 Å². The summed E-state index contributed by atoms with van der Waals surface area (Å²) < 4.78 is 5.52. The molecular formula is C13H11N5O3S. The molecule has 0 aliphatic rings. The Morgan fingerprint density at radius 2 is 2.14 bits per heavy atom. The third-order valence-electron chi connectivity index (χ3n) is 2.82. The molecule has 2 aromatic heterocycles. The van der Waals surface area contributed by atoms with Crippen molar-refractivity contribution in [1.82, 2.24) is 20.5 Å². The fraction of sp³-hybridized carbons (Fsp3) is 0.0769. The molecule has 0 saturated heterocycles. The fourth-order valence-electron chi connectivity index (χ4n) is 1.93. The van der Waals surface area contributed by atoms with E-state index in [1.54, 1.807) is 6.20 Å². The molecule has 1 aromatic carbocycles. The van der Waals surface area contributed by atoms with E-state index in [4.69, 9.17) is 10.2 Å². The Kier molecular flexibility index (Phi) is 3.79. The van der Waals surface area contributed by atoms with Crippen LogP contribution in [0.15, 0.2) is 40.1 Å². The summed E-state index contributed by atoms with van der Waals surface area (Å²) in [7, 11) is 0. The minimum Gasteiger partial charge on any atom is -0.411 e. The highest BCUT2D eigenvalue weighted by atomic mass is 32.2. The molecule has 0 saturated carbocycles. The zero-order valence-corrected chi connectivity index (χ0v) is 12.0. The van der Waals surface area contributed by atoms with Crippen LogP contribution in [-0.2, 0) is 4.79 Å². The van der Waals surface area contributed by atoms with Crippen molar-refractivity contribution >= 4 is 34.6 Å². The van der Waals surface area contributed by atoms with E-state index in [1.807, 2.05) is 29.6 Å². The number of aromatic nitrogens is 3. The zero-order valence-electron chi connectivity index (χ0n) is 11.2. The number of H-pyrrole nitrogens is 1. The molecule has 0 aliphatic heterocycles. The van der Waals surface area contributed by atoms with Gasteiger partial charge in [0.25, 0.3) is 11.1 Å². The standard InChI is InChI=1S/C13H11N5O3S/c14-12(20)16-10(19)6-22-13-18-17-11(21-13)8-5-15-9-4-2-1-3-7(8)9/h1-5,15H,6H2,(H3,14,16,19,20). The molecule has 0 fully saturated rings. The van der Waals surface area contributed by atoms with Crippen molar-refractivity contribution in [3.05, 3.63) is 30.5 Å². The molecule has 0 bridgehead atoms. The van der Waals surface area contributed by atoms with Gasteiger partial charge in [0.15, 0.2) is 0 Å². The minimum absolute atomic E-state index is 0.0432. The van der Waals surface area contributed by atoms with Gasteiger partial charge in [0, 0.05) is 17.1 Å². The molecule has 0 unspecified atom stereocenters. The quantitative estimate of drug-likeness (QED) is 0.626. The number of carbonyl (C=O) groups excluding carboxylic acids is 2. The first-order valence-corrected chi connectivity index (χ1v) is 7.24. The second-order valence-electron chi connectivity index (χ2n) is 4.32. The Labute approximate surface area is 128 Å². The van der Waals surface area contributed by atoms with Gasteiger partial charge in [0.05, 0.1) is 11.3 Å². The Hall–Kier alpha value is -2.81. The number of carbonyl (C=O) groups is 2. The first kappa shape index (κ1) is 14.1. The summed E-state index contributed by atoms with van der Waals surface area (Å²) in [5, 5.41) is 11.0. The lowest BCUT2D eigenvalue weighted by Crippen LogP contribution is -2.36. The Morgan fingerprint density at radius 3 is 2.95 bits per heavy atom. The highest BCUT2D eigenvalue weighted by Crippen LogP contribution is 2.29. The second kappa shape index (κ2) is 5.90. The average Bonchev–Trinajstić information content (AvgIpc) is 3.10. The summed E-state index contributed by atoms with van der Waals surface area (Å²) in [5.41, 5.74) is 6.60. The number of amides is 3. The number of urea groups is 1. The van der Waals surface area contributed by atoms with Crippen molar-refractivity contribution in [1.29, 1.82) is 0 Å². The summed E-state index contributed by atoms with van der Waals surface area (Å²) in [5.74, 6) is -0.210. The van der Waals surface area contributed by atoms with E-state index >= 15 is 0 Å². The van der Waals surface area contributed by atoms with Crippen LogP contribution in [0.3, 0.4) is 0 Å². The van der Waals surface area contributed by atoms with E-state index in [-0.39, 0.29) is 11.0 Å². The summed E-state index contributed by atoms with van der Waals surface area (Å²) in [4.78, 5) is 25.0. The molecule has 0 aliphatic carbocycles. The number of primary amides is 1. The molecule has 0 atom stereocenters. The topological polar surface area (TPSA) is 127 Å². The second-order valence-corrected chi connectivity index (χ2v) is 5.25. The summed E-state index contributed by atoms with van der Waals surface area (Å²) in [6.07, 6.45) is 1.78. The number of thioether (sulfide) groups is 1. The van der Waals surface area contributed by atoms with Crippen molar-refractivity contribution in [2.45, 2.75) is 5.22 Å². The fourth-order valence-corrected chi connectivity index (χ4v) is 2.49. The molecule has 9 heteroatoms. The van der Waals surface area contributed by atoms with Gasteiger partial charge in [-0.3, -0.25) is 10.1 Å². The first-order valence-electron chi connectivity index (χ1n) is 6.25. The smallest absolute Gasteiger partial charge is 0.318 e. The van der Waals surface area contributed by atoms with E-state index < -0.39 is 11.9 Å². The van der Waals surface area contributed by atoms with Crippen molar-refractivity contribution in [3.8, 4) is 11.5 Å².